The fraction of sp³-hybridized carbons (Fsp3) is 1.00. The van der Waals surface area contributed by atoms with E-state index in [0.717, 1.165) is 6.42 Å². The summed E-state index contributed by atoms with van der Waals surface area (Å²) >= 11 is 0. The Morgan fingerprint density at radius 2 is 1.64 bits per heavy atom. The van der Waals surface area contributed by atoms with Crippen molar-refractivity contribution < 1.29 is 34.1 Å². The minimum absolute atomic E-state index is 0. The van der Waals surface area contributed by atoms with Gasteiger partial charge in [0.15, 0.2) is 0 Å². The molecular weight excluding hydrogens is 264 g/mol. The van der Waals surface area contributed by atoms with Crippen molar-refractivity contribution in [1.29, 1.82) is 0 Å². The predicted molar refractivity (Wildman–Crippen MR) is 65.4 cm³/mol. The fourth-order valence-electron chi connectivity index (χ4n) is 2.35. The van der Waals surface area contributed by atoms with E-state index in [2.05, 4.69) is 13.8 Å². The average Bonchev–Trinajstić information content (AvgIpc) is 2.44. The van der Waals surface area contributed by atoms with Gasteiger partial charge in [0.05, 0.1) is 26.0 Å². The summed E-state index contributed by atoms with van der Waals surface area (Å²) in [6.07, 6.45) is 12.6. The zero-order chi connectivity index (χ0) is 10.4. The standard InChI is InChI=1S/C12H26P.Y/c1-3-5-10-13(4-2)11-8-6-7-9-12-13;/h3-12H2,1-2H3;/q+1;/i10D;. The third-order valence-corrected chi connectivity index (χ3v) is 8.10. The van der Waals surface area contributed by atoms with E-state index in [9.17, 15) is 0 Å². The first kappa shape index (κ1) is 13.6. The van der Waals surface area contributed by atoms with E-state index in [4.69, 9.17) is 1.37 Å². The summed E-state index contributed by atoms with van der Waals surface area (Å²) in [7, 11) is -0.855. The zero-order valence-electron chi connectivity index (χ0n) is 11.0. The van der Waals surface area contributed by atoms with Gasteiger partial charge in [-0.1, -0.05) is 13.3 Å². The van der Waals surface area contributed by atoms with E-state index in [-0.39, 0.29) is 32.7 Å². The third-order valence-electron chi connectivity index (χ3n) is 3.39. The van der Waals surface area contributed by atoms with Crippen LogP contribution in [0.1, 0.15) is 53.7 Å². The Morgan fingerprint density at radius 3 is 2.07 bits per heavy atom. The molecule has 1 heterocycles. The molecule has 0 spiro atoms. The molecule has 0 aromatic carbocycles. The second kappa shape index (κ2) is 8.66. The van der Waals surface area contributed by atoms with Crippen LogP contribution in [0.3, 0.4) is 0 Å². The molecule has 1 rings (SSSR count). The molecule has 0 nitrogen and oxygen atoms in total. The van der Waals surface area contributed by atoms with Gasteiger partial charge in [-0.3, -0.25) is 0 Å². The number of hydrogen-bond acceptors (Lipinski definition) is 0. The van der Waals surface area contributed by atoms with Gasteiger partial charge in [0.25, 0.3) is 0 Å². The van der Waals surface area contributed by atoms with Crippen LogP contribution in [0.5, 0.6) is 0 Å². The van der Waals surface area contributed by atoms with Crippen LogP contribution in [-0.4, -0.2) is 24.6 Å². The largest absolute Gasteiger partial charge is 0.0708 e. The molecule has 0 aliphatic carbocycles. The van der Waals surface area contributed by atoms with E-state index in [1.165, 1.54) is 50.6 Å². The summed E-state index contributed by atoms with van der Waals surface area (Å²) in [5, 5.41) is 0. The van der Waals surface area contributed by atoms with E-state index in [1.54, 1.807) is 0 Å². The molecule has 1 unspecified atom stereocenters. The fourth-order valence-corrected chi connectivity index (χ4v) is 6.34. The second-order valence-electron chi connectivity index (χ2n) is 4.37. The Kier molecular flexibility index (Phi) is 8.41. The summed E-state index contributed by atoms with van der Waals surface area (Å²) in [6.45, 7) is 4.57. The molecule has 1 radical (unpaired) electrons. The first-order valence-corrected chi connectivity index (χ1v) is 8.44. The van der Waals surface area contributed by atoms with E-state index in [0.29, 0.717) is 6.14 Å². The quantitative estimate of drug-likeness (QED) is 0.674. The molecule has 14 heavy (non-hydrogen) atoms. The van der Waals surface area contributed by atoms with E-state index < -0.39 is 7.26 Å². The van der Waals surface area contributed by atoms with Crippen molar-refractivity contribution in [2.75, 3.05) is 24.6 Å². The summed E-state index contributed by atoms with van der Waals surface area (Å²) in [6, 6.07) is 0. The van der Waals surface area contributed by atoms with E-state index in [1.807, 2.05) is 0 Å². The van der Waals surface area contributed by atoms with Crippen molar-refractivity contribution in [2.45, 2.75) is 52.4 Å². The van der Waals surface area contributed by atoms with Gasteiger partial charge in [-0.05, 0) is 39.0 Å². The van der Waals surface area contributed by atoms with Gasteiger partial charge in [0, 0.05) is 40.0 Å². The molecule has 0 saturated carbocycles. The minimum Gasteiger partial charge on any atom is -0.0652 e. The molecule has 1 fully saturated rings. The number of hydrogen-bond donors (Lipinski definition) is 0. The smallest absolute Gasteiger partial charge is 0.0652 e. The van der Waals surface area contributed by atoms with Gasteiger partial charge in [-0.25, -0.2) is 0 Å². The molecule has 1 aliphatic heterocycles. The Labute approximate surface area is 118 Å². The molecule has 1 atom stereocenters. The number of rotatable bonds is 4. The summed E-state index contributed by atoms with van der Waals surface area (Å²) in [5.74, 6) is 0. The summed E-state index contributed by atoms with van der Waals surface area (Å²) in [4.78, 5) is 0. The van der Waals surface area contributed by atoms with Crippen LogP contribution < -0.4 is 0 Å². The molecule has 0 amide bonds. The third kappa shape index (κ3) is 5.04. The molecule has 1 saturated heterocycles. The van der Waals surface area contributed by atoms with Crippen LogP contribution in [0.15, 0.2) is 0 Å². The first-order chi connectivity index (χ1) is 6.75. The molecule has 0 N–H and O–H groups in total. The Balaban J connectivity index is 0.00000196. The summed E-state index contributed by atoms with van der Waals surface area (Å²) in [5.41, 5.74) is 0. The SMILES string of the molecule is [2H]C(CCC)[P+]1(CC)CCCCCC1.[Y]. The molecule has 0 aromatic heterocycles. The van der Waals surface area contributed by atoms with Crippen LogP contribution in [0.25, 0.3) is 0 Å². The normalized spacial score (nSPS) is 24.3. The topological polar surface area (TPSA) is 0 Å². The molecule has 2 heteroatoms. The molecule has 81 valence electrons. The van der Waals surface area contributed by atoms with Crippen LogP contribution in [0.2, 0.25) is 0 Å². The molecule has 1 aliphatic rings. The monoisotopic (exact) mass is 291 g/mol. The molecular formula is C12H26PY+. The van der Waals surface area contributed by atoms with Crippen LogP contribution in [0.4, 0.5) is 0 Å². The molecule has 0 aromatic rings. The Hall–Kier alpha value is 1.53. The predicted octanol–water partition coefficient (Wildman–Crippen LogP) is 4.40. The van der Waals surface area contributed by atoms with Crippen molar-refractivity contribution in [2.24, 2.45) is 0 Å². The second-order valence-corrected chi connectivity index (χ2v) is 8.70. The Morgan fingerprint density at radius 1 is 1.07 bits per heavy atom. The van der Waals surface area contributed by atoms with Crippen molar-refractivity contribution in [3.05, 3.63) is 0 Å². The van der Waals surface area contributed by atoms with Crippen LogP contribution in [0, 0.1) is 0 Å². The summed E-state index contributed by atoms with van der Waals surface area (Å²) < 4.78 is 8.36. The van der Waals surface area contributed by atoms with Gasteiger partial charge in [0.1, 0.15) is 0 Å². The van der Waals surface area contributed by atoms with E-state index >= 15 is 0 Å². The van der Waals surface area contributed by atoms with Gasteiger partial charge >= 0.3 is 0 Å². The maximum Gasteiger partial charge on any atom is 0.0708 e. The molecule has 0 bridgehead atoms. The van der Waals surface area contributed by atoms with Crippen molar-refractivity contribution >= 4 is 7.26 Å². The van der Waals surface area contributed by atoms with Gasteiger partial charge in [-0.2, -0.15) is 0 Å². The van der Waals surface area contributed by atoms with Crippen molar-refractivity contribution in [3.8, 4) is 0 Å². The minimum atomic E-state index is -0.855. The zero-order valence-corrected chi connectivity index (χ0v) is 13.7. The first-order valence-electron chi connectivity index (χ1n) is 6.61. The van der Waals surface area contributed by atoms with Gasteiger partial charge in [-0.15, -0.1) is 0 Å². The van der Waals surface area contributed by atoms with Crippen molar-refractivity contribution in [1.82, 2.24) is 0 Å². The average molecular weight is 291 g/mol. The maximum absolute atomic E-state index is 8.36. The maximum atomic E-state index is 8.36. The van der Waals surface area contributed by atoms with Gasteiger partial charge < -0.3 is 0 Å². The van der Waals surface area contributed by atoms with Crippen molar-refractivity contribution in [3.63, 3.8) is 0 Å². The Bertz CT molecular complexity index is 156. The van der Waals surface area contributed by atoms with Crippen LogP contribution in [-0.2, 0) is 32.7 Å². The van der Waals surface area contributed by atoms with Crippen LogP contribution >= 0.6 is 7.26 Å². The van der Waals surface area contributed by atoms with Gasteiger partial charge in [0.2, 0.25) is 0 Å².